The van der Waals surface area contributed by atoms with Gasteiger partial charge in [0.15, 0.2) is 0 Å². The van der Waals surface area contributed by atoms with E-state index in [0.717, 1.165) is 53.3 Å². The number of benzene rings is 3. The topological polar surface area (TPSA) is 82.8 Å². The molecule has 8 heteroatoms. The highest BCUT2D eigenvalue weighted by Gasteiger charge is 2.15. The van der Waals surface area contributed by atoms with E-state index >= 15 is 0 Å². The number of thiophene rings is 2. The normalized spacial score (nSPS) is 11.2. The van der Waals surface area contributed by atoms with Gasteiger partial charge in [-0.25, -0.2) is 4.79 Å². The molecule has 38 heavy (non-hydrogen) atoms. The summed E-state index contributed by atoms with van der Waals surface area (Å²) in [6.07, 6.45) is 1.42. The highest BCUT2D eigenvalue weighted by molar-refractivity contribution is 7.29. The average molecular weight is 539 g/mol. The first-order valence-corrected chi connectivity index (χ1v) is 13.2. The zero-order valence-electron chi connectivity index (χ0n) is 20.5. The van der Waals surface area contributed by atoms with Crippen LogP contribution in [0, 0.1) is 11.3 Å². The van der Waals surface area contributed by atoms with Gasteiger partial charge in [0.05, 0.1) is 14.2 Å². The Labute approximate surface area is 227 Å². The number of methoxy groups -OCH3 is 2. The maximum atomic E-state index is 11.1. The number of carboxylic acid groups (broad SMARTS) is 1. The van der Waals surface area contributed by atoms with Crippen LogP contribution in [0.3, 0.4) is 0 Å². The first-order valence-electron chi connectivity index (χ1n) is 11.6. The van der Waals surface area contributed by atoms with Crippen molar-refractivity contribution < 1.29 is 19.4 Å². The van der Waals surface area contributed by atoms with Crippen molar-refractivity contribution >= 4 is 61.2 Å². The lowest BCUT2D eigenvalue weighted by molar-refractivity contribution is -0.132. The monoisotopic (exact) mass is 538 g/mol. The number of aliphatic carboxylic acids is 1. The Morgan fingerprint density at radius 1 is 0.816 bits per heavy atom. The number of rotatable bonds is 8. The third-order valence-corrected chi connectivity index (χ3v) is 8.22. The van der Waals surface area contributed by atoms with Crippen molar-refractivity contribution in [2.24, 2.45) is 0 Å². The second kappa shape index (κ2) is 10.8. The van der Waals surface area contributed by atoms with Gasteiger partial charge < -0.3 is 19.5 Å². The van der Waals surface area contributed by atoms with Crippen molar-refractivity contribution in [3.63, 3.8) is 0 Å². The predicted molar refractivity (Wildman–Crippen MR) is 154 cm³/mol. The molecule has 0 fully saturated rings. The summed E-state index contributed by atoms with van der Waals surface area (Å²) in [6, 6.07) is 30.0. The number of anilines is 3. The minimum absolute atomic E-state index is 0.270. The minimum Gasteiger partial charge on any atom is -0.497 e. The Morgan fingerprint density at radius 3 is 1.76 bits per heavy atom. The Kier molecular flexibility index (Phi) is 7.13. The summed E-state index contributed by atoms with van der Waals surface area (Å²) in [7, 11) is 3.31. The van der Waals surface area contributed by atoms with Gasteiger partial charge in [0.2, 0.25) is 0 Å². The lowest BCUT2D eigenvalue weighted by atomic mass is 10.1. The molecule has 0 saturated heterocycles. The number of nitriles is 1. The molecule has 0 unspecified atom stereocenters. The maximum absolute atomic E-state index is 11.1. The number of carboxylic acids is 1. The van der Waals surface area contributed by atoms with Gasteiger partial charge in [-0.3, -0.25) is 0 Å². The van der Waals surface area contributed by atoms with Crippen molar-refractivity contribution in [2.45, 2.75) is 0 Å². The SMILES string of the molecule is COc1ccc(N(c2ccc(OC)cc2)c2ccc(-c3cc4sc(/C=C(/C#N)C(=O)O)cc4s3)cc2)cc1. The zero-order chi connectivity index (χ0) is 26.6. The Morgan fingerprint density at radius 2 is 1.32 bits per heavy atom. The van der Waals surface area contributed by atoms with Crippen molar-refractivity contribution in [2.75, 3.05) is 19.1 Å². The summed E-state index contributed by atoms with van der Waals surface area (Å²) in [5, 5.41) is 18.1. The number of hydrogen-bond acceptors (Lipinski definition) is 7. The molecule has 0 radical (unpaired) electrons. The second-order valence-corrected chi connectivity index (χ2v) is 10.4. The Balaban J connectivity index is 1.46. The molecule has 0 atom stereocenters. The van der Waals surface area contributed by atoms with Crippen LogP contribution in [-0.4, -0.2) is 25.3 Å². The molecule has 3 aromatic carbocycles. The van der Waals surface area contributed by atoms with Crippen molar-refractivity contribution in [3.05, 3.63) is 95.4 Å². The fourth-order valence-corrected chi connectivity index (χ4v) is 6.39. The van der Waals surface area contributed by atoms with Crippen molar-refractivity contribution in [1.29, 1.82) is 5.26 Å². The first kappa shape index (κ1) is 25.1. The Hall–Kier alpha value is -4.58. The summed E-state index contributed by atoms with van der Waals surface area (Å²) >= 11 is 3.11. The van der Waals surface area contributed by atoms with E-state index in [1.165, 1.54) is 17.4 Å². The summed E-state index contributed by atoms with van der Waals surface area (Å²) in [5.74, 6) is 0.368. The van der Waals surface area contributed by atoms with Gasteiger partial charge in [-0.2, -0.15) is 5.26 Å². The molecule has 0 amide bonds. The van der Waals surface area contributed by atoms with Crippen LogP contribution in [0.2, 0.25) is 0 Å². The molecule has 0 aliphatic rings. The molecule has 1 N–H and O–H groups in total. The summed E-state index contributed by atoms with van der Waals surface area (Å²) in [6.45, 7) is 0. The van der Waals surface area contributed by atoms with Crippen LogP contribution < -0.4 is 14.4 Å². The first-order chi connectivity index (χ1) is 18.5. The molecular weight excluding hydrogens is 516 g/mol. The third-order valence-electron chi connectivity index (χ3n) is 5.93. The third kappa shape index (κ3) is 5.11. The van der Waals surface area contributed by atoms with Crippen LogP contribution in [0.1, 0.15) is 4.88 Å². The van der Waals surface area contributed by atoms with Gasteiger partial charge in [-0.05, 0) is 84.4 Å². The summed E-state index contributed by atoms with van der Waals surface area (Å²) in [4.78, 5) is 15.2. The smallest absolute Gasteiger partial charge is 0.346 e. The molecule has 2 aromatic heterocycles. The lowest BCUT2D eigenvalue weighted by Crippen LogP contribution is -2.09. The molecule has 5 aromatic rings. The molecule has 5 rings (SSSR count). The Bertz CT molecular complexity index is 1580. The van der Waals surface area contributed by atoms with E-state index in [1.807, 2.05) is 54.6 Å². The highest BCUT2D eigenvalue weighted by Crippen LogP contribution is 2.41. The van der Waals surface area contributed by atoms with Crippen molar-refractivity contribution in [3.8, 4) is 28.0 Å². The van der Waals surface area contributed by atoms with E-state index < -0.39 is 5.97 Å². The number of carbonyl (C=O) groups is 1. The van der Waals surface area contributed by atoms with Crippen LogP contribution in [0.5, 0.6) is 11.5 Å². The van der Waals surface area contributed by atoms with Crippen LogP contribution >= 0.6 is 22.7 Å². The van der Waals surface area contributed by atoms with Gasteiger partial charge in [0.1, 0.15) is 23.1 Å². The molecule has 2 heterocycles. The quantitative estimate of drug-likeness (QED) is 0.159. The predicted octanol–water partition coefficient (Wildman–Crippen LogP) is 8.11. The molecule has 0 saturated carbocycles. The number of fused-ring (bicyclic) bond motifs is 1. The van der Waals surface area contributed by atoms with E-state index in [1.54, 1.807) is 31.6 Å². The van der Waals surface area contributed by atoms with Gasteiger partial charge in [-0.15, -0.1) is 22.7 Å². The number of ether oxygens (including phenoxy) is 2. The van der Waals surface area contributed by atoms with E-state index in [9.17, 15) is 4.79 Å². The summed E-state index contributed by atoms with van der Waals surface area (Å²) in [5.41, 5.74) is 3.82. The number of hydrogen-bond donors (Lipinski definition) is 1. The summed E-state index contributed by atoms with van der Waals surface area (Å²) < 4.78 is 12.8. The maximum Gasteiger partial charge on any atom is 0.346 e. The number of nitrogens with zero attached hydrogens (tertiary/aromatic N) is 2. The molecule has 188 valence electrons. The molecular formula is C30H22N2O4S2. The van der Waals surface area contributed by atoms with Gasteiger partial charge in [0, 0.05) is 36.2 Å². The fourth-order valence-electron chi connectivity index (χ4n) is 4.04. The van der Waals surface area contributed by atoms with Crippen LogP contribution in [0.25, 0.3) is 25.9 Å². The highest BCUT2D eigenvalue weighted by atomic mass is 32.1. The molecule has 6 nitrogen and oxygen atoms in total. The largest absolute Gasteiger partial charge is 0.497 e. The standard InChI is InChI=1S/C30H22N2O4S2/c1-35-24-11-7-22(8-12-24)32(23-9-13-25(36-2)14-10-23)21-5-3-19(4-6-21)27-17-29-28(38-27)16-26(37-29)15-20(18-31)30(33)34/h3-17H,1-2H3,(H,33,34)/b20-15-. The van der Waals surface area contributed by atoms with Gasteiger partial charge in [0.25, 0.3) is 0 Å². The zero-order valence-corrected chi connectivity index (χ0v) is 22.2. The second-order valence-electron chi connectivity index (χ2n) is 8.24. The average Bonchev–Trinajstić information content (AvgIpc) is 3.52. The van der Waals surface area contributed by atoms with E-state index in [2.05, 4.69) is 35.2 Å². The van der Waals surface area contributed by atoms with Gasteiger partial charge in [-0.1, -0.05) is 12.1 Å². The van der Waals surface area contributed by atoms with E-state index in [-0.39, 0.29) is 5.57 Å². The molecule has 0 spiro atoms. The van der Waals surface area contributed by atoms with Gasteiger partial charge >= 0.3 is 5.97 Å². The van der Waals surface area contributed by atoms with Crippen LogP contribution in [0.15, 0.2) is 90.5 Å². The fraction of sp³-hybridized carbons (Fsp3) is 0.0667. The minimum atomic E-state index is -1.22. The molecule has 0 bridgehead atoms. The lowest BCUT2D eigenvalue weighted by Gasteiger charge is -2.26. The van der Waals surface area contributed by atoms with Crippen LogP contribution in [0.4, 0.5) is 17.1 Å². The molecule has 0 aliphatic heterocycles. The van der Waals surface area contributed by atoms with Crippen molar-refractivity contribution in [1.82, 2.24) is 0 Å². The van der Waals surface area contributed by atoms with Crippen LogP contribution in [-0.2, 0) is 4.79 Å². The van der Waals surface area contributed by atoms with E-state index in [0.29, 0.717) is 0 Å². The molecule has 0 aliphatic carbocycles. The van der Waals surface area contributed by atoms with E-state index in [4.69, 9.17) is 19.8 Å².